The van der Waals surface area contributed by atoms with Crippen LogP contribution < -0.4 is 5.32 Å². The van der Waals surface area contributed by atoms with Crippen LogP contribution in [0.2, 0.25) is 0 Å². The molecule has 0 spiro atoms. The van der Waals surface area contributed by atoms with Crippen LogP contribution >= 0.6 is 0 Å². The smallest absolute Gasteiger partial charge is 0.0205 e. The van der Waals surface area contributed by atoms with Crippen LogP contribution in [0, 0.1) is 12.3 Å². The predicted molar refractivity (Wildman–Crippen MR) is 79.5 cm³/mol. The summed E-state index contributed by atoms with van der Waals surface area (Å²) in [6.45, 7) is 8.71. The molecule has 0 amide bonds. The minimum atomic E-state index is 0.237. The van der Waals surface area contributed by atoms with Gasteiger partial charge in [-0.3, -0.25) is 0 Å². The first kappa shape index (κ1) is 14.8. The lowest BCUT2D eigenvalue weighted by Gasteiger charge is -2.19. The normalized spacial score (nSPS) is 11.2. The third kappa shape index (κ3) is 5.38. The number of unbranched alkanes of at least 4 members (excludes halogenated alkanes) is 2. The van der Waals surface area contributed by atoms with Gasteiger partial charge in [0.2, 0.25) is 0 Å². The van der Waals surface area contributed by atoms with E-state index in [1.165, 1.54) is 11.1 Å². The molecule has 0 saturated carbocycles. The van der Waals surface area contributed by atoms with Crippen LogP contribution in [-0.2, 0) is 12.0 Å². The average molecular weight is 243 g/mol. The minimum Gasteiger partial charge on any atom is -0.313 e. The number of rotatable bonds is 6. The molecule has 98 valence electrons. The molecule has 1 aromatic carbocycles. The van der Waals surface area contributed by atoms with E-state index in [2.05, 4.69) is 56.3 Å². The molecule has 1 nitrogen and oxygen atoms in total. The van der Waals surface area contributed by atoms with Crippen LogP contribution in [0.1, 0.15) is 51.2 Å². The molecule has 0 aromatic heterocycles. The Morgan fingerprint density at radius 3 is 2.33 bits per heavy atom. The van der Waals surface area contributed by atoms with Crippen molar-refractivity contribution < 1.29 is 0 Å². The average Bonchev–Trinajstić information content (AvgIpc) is 2.33. The van der Waals surface area contributed by atoms with Crippen molar-refractivity contribution in [2.75, 3.05) is 6.54 Å². The molecule has 0 unspecified atom stereocenters. The van der Waals surface area contributed by atoms with Gasteiger partial charge in [0.25, 0.3) is 0 Å². The molecule has 0 aliphatic rings. The zero-order valence-electron chi connectivity index (χ0n) is 11.9. The Balaban J connectivity index is 2.30. The van der Waals surface area contributed by atoms with E-state index in [1.807, 2.05) is 0 Å². The van der Waals surface area contributed by atoms with E-state index in [-0.39, 0.29) is 5.41 Å². The molecule has 1 heteroatoms. The van der Waals surface area contributed by atoms with Crippen molar-refractivity contribution in [1.29, 1.82) is 0 Å². The van der Waals surface area contributed by atoms with E-state index in [9.17, 15) is 0 Å². The van der Waals surface area contributed by atoms with Crippen molar-refractivity contribution in [1.82, 2.24) is 5.32 Å². The van der Waals surface area contributed by atoms with Gasteiger partial charge < -0.3 is 5.32 Å². The fourth-order valence-corrected chi connectivity index (χ4v) is 1.83. The highest BCUT2D eigenvalue weighted by atomic mass is 14.8. The van der Waals surface area contributed by atoms with Gasteiger partial charge in [0.1, 0.15) is 0 Å². The molecular weight excluding hydrogens is 218 g/mol. The third-order valence-corrected chi connectivity index (χ3v) is 3.07. The van der Waals surface area contributed by atoms with E-state index < -0.39 is 0 Å². The van der Waals surface area contributed by atoms with Gasteiger partial charge in [-0.2, -0.15) is 0 Å². The lowest BCUT2D eigenvalue weighted by Crippen LogP contribution is -2.15. The summed E-state index contributed by atoms with van der Waals surface area (Å²) in [6, 6.07) is 8.90. The summed E-state index contributed by atoms with van der Waals surface area (Å²) in [5, 5.41) is 3.45. The van der Waals surface area contributed by atoms with Crippen LogP contribution in [0.4, 0.5) is 0 Å². The lowest BCUT2D eigenvalue weighted by molar-refractivity contribution is 0.589. The fourth-order valence-electron chi connectivity index (χ4n) is 1.83. The maximum absolute atomic E-state index is 5.21. The maximum Gasteiger partial charge on any atom is 0.0205 e. The van der Waals surface area contributed by atoms with Crippen LogP contribution in [-0.4, -0.2) is 6.54 Å². The zero-order chi connectivity index (χ0) is 13.4. The van der Waals surface area contributed by atoms with Gasteiger partial charge in [-0.25, -0.2) is 0 Å². The molecule has 0 atom stereocenters. The van der Waals surface area contributed by atoms with Crippen LogP contribution in [0.15, 0.2) is 24.3 Å². The van der Waals surface area contributed by atoms with Crippen LogP contribution in [0.25, 0.3) is 0 Å². The Labute approximate surface area is 112 Å². The van der Waals surface area contributed by atoms with Gasteiger partial charge in [0.15, 0.2) is 0 Å². The third-order valence-electron chi connectivity index (χ3n) is 3.07. The molecule has 1 N–H and O–H groups in total. The Morgan fingerprint density at radius 1 is 1.11 bits per heavy atom. The van der Waals surface area contributed by atoms with E-state index in [0.717, 1.165) is 32.4 Å². The monoisotopic (exact) mass is 243 g/mol. The van der Waals surface area contributed by atoms with Crippen molar-refractivity contribution in [3.05, 3.63) is 35.4 Å². The van der Waals surface area contributed by atoms with Gasteiger partial charge >= 0.3 is 0 Å². The highest BCUT2D eigenvalue weighted by Crippen LogP contribution is 2.22. The quantitative estimate of drug-likeness (QED) is 0.590. The summed E-state index contributed by atoms with van der Waals surface area (Å²) in [7, 11) is 0. The molecule has 0 saturated heterocycles. The predicted octanol–water partition coefficient (Wildman–Crippen LogP) is 3.88. The van der Waals surface area contributed by atoms with Crippen LogP contribution in [0.5, 0.6) is 0 Å². The summed E-state index contributed by atoms with van der Waals surface area (Å²) in [6.07, 6.45) is 8.38. The number of terminal acetylenes is 1. The van der Waals surface area contributed by atoms with Gasteiger partial charge in [-0.1, -0.05) is 45.0 Å². The van der Waals surface area contributed by atoms with Crippen molar-refractivity contribution >= 4 is 0 Å². The Hall–Kier alpha value is -1.26. The Morgan fingerprint density at radius 2 is 1.78 bits per heavy atom. The molecule has 0 aliphatic carbocycles. The molecular formula is C17H25N. The van der Waals surface area contributed by atoms with Gasteiger partial charge in [0.05, 0.1) is 0 Å². The van der Waals surface area contributed by atoms with Gasteiger partial charge in [-0.15, -0.1) is 12.3 Å². The van der Waals surface area contributed by atoms with E-state index in [4.69, 9.17) is 6.42 Å². The molecule has 0 fully saturated rings. The Bertz CT molecular complexity index is 376. The molecule has 0 heterocycles. The number of hydrogen-bond acceptors (Lipinski definition) is 1. The molecule has 0 radical (unpaired) electrons. The second-order valence-electron chi connectivity index (χ2n) is 5.78. The van der Waals surface area contributed by atoms with E-state index in [1.54, 1.807) is 0 Å². The van der Waals surface area contributed by atoms with Crippen molar-refractivity contribution in [3.8, 4) is 12.3 Å². The number of nitrogens with one attached hydrogen (secondary N) is 1. The minimum absolute atomic E-state index is 0.237. The summed E-state index contributed by atoms with van der Waals surface area (Å²) < 4.78 is 0. The van der Waals surface area contributed by atoms with Gasteiger partial charge in [0, 0.05) is 13.0 Å². The molecule has 0 bridgehead atoms. The number of hydrogen-bond donors (Lipinski definition) is 1. The Kier molecular flexibility index (Phi) is 5.95. The van der Waals surface area contributed by atoms with E-state index in [0.29, 0.717) is 0 Å². The SMILES string of the molecule is C#CCCCCNCc1ccc(C(C)(C)C)cc1. The topological polar surface area (TPSA) is 12.0 Å². The maximum atomic E-state index is 5.21. The first-order valence-electron chi connectivity index (χ1n) is 6.77. The summed E-state index contributed by atoms with van der Waals surface area (Å²) in [5.41, 5.74) is 2.97. The second kappa shape index (κ2) is 7.24. The largest absolute Gasteiger partial charge is 0.313 e. The van der Waals surface area contributed by atoms with Crippen molar-refractivity contribution in [2.24, 2.45) is 0 Å². The molecule has 1 rings (SSSR count). The van der Waals surface area contributed by atoms with Crippen LogP contribution in [0.3, 0.4) is 0 Å². The zero-order valence-corrected chi connectivity index (χ0v) is 11.9. The first-order valence-corrected chi connectivity index (χ1v) is 6.77. The fraction of sp³-hybridized carbons (Fsp3) is 0.529. The highest BCUT2D eigenvalue weighted by molar-refractivity contribution is 5.27. The summed E-state index contributed by atoms with van der Waals surface area (Å²) >= 11 is 0. The van der Waals surface area contributed by atoms with Gasteiger partial charge in [-0.05, 0) is 35.9 Å². The van der Waals surface area contributed by atoms with E-state index >= 15 is 0 Å². The lowest BCUT2D eigenvalue weighted by atomic mass is 9.87. The molecule has 1 aromatic rings. The summed E-state index contributed by atoms with van der Waals surface area (Å²) in [4.78, 5) is 0. The number of benzene rings is 1. The van der Waals surface area contributed by atoms with Crippen molar-refractivity contribution in [3.63, 3.8) is 0 Å². The molecule has 18 heavy (non-hydrogen) atoms. The van der Waals surface area contributed by atoms with Crippen molar-refractivity contribution in [2.45, 2.75) is 52.0 Å². The first-order chi connectivity index (χ1) is 8.54. The summed E-state index contributed by atoms with van der Waals surface area (Å²) in [5.74, 6) is 2.67. The standard InChI is InChI=1S/C17H25N/c1-5-6-7-8-13-18-14-15-9-11-16(12-10-15)17(2,3)4/h1,9-12,18H,6-8,13-14H2,2-4H3. The molecule has 0 aliphatic heterocycles. The highest BCUT2D eigenvalue weighted by Gasteiger charge is 2.12. The second-order valence-corrected chi connectivity index (χ2v) is 5.78.